The number of morpholine rings is 1. The lowest BCUT2D eigenvalue weighted by atomic mass is 9.91. The van der Waals surface area contributed by atoms with Crippen molar-refractivity contribution in [3.05, 3.63) is 0 Å². The molecule has 2 aliphatic rings. The van der Waals surface area contributed by atoms with Gasteiger partial charge in [0.05, 0.1) is 25.4 Å². The zero-order chi connectivity index (χ0) is 73.3. The van der Waals surface area contributed by atoms with E-state index in [9.17, 15) is 48.6 Å². The molecule has 11 amide bonds. The van der Waals surface area contributed by atoms with Crippen molar-refractivity contribution in [3.8, 4) is 0 Å². The molecule has 2 heterocycles. The van der Waals surface area contributed by atoms with Crippen LogP contribution in [0.5, 0.6) is 0 Å². The van der Waals surface area contributed by atoms with Crippen LogP contribution in [-0.2, 0) is 62.2 Å². The molecule has 2 saturated heterocycles. The topological polar surface area (TPSA) is 330 Å². The van der Waals surface area contributed by atoms with Crippen LogP contribution in [0.15, 0.2) is 0 Å². The summed E-state index contributed by atoms with van der Waals surface area (Å²) in [5.74, 6) is -10.3. The molecule has 27 heteroatoms. The number of carbonyl (C=O) groups excluding carboxylic acids is 11. The second-order valence-corrected chi connectivity index (χ2v) is 28.9. The lowest BCUT2D eigenvalue weighted by Gasteiger charge is -2.40. The van der Waals surface area contributed by atoms with Gasteiger partial charge in [-0.1, -0.05) is 95.9 Å². The first-order chi connectivity index (χ1) is 44.8. The minimum atomic E-state index is -1.71. The molecule has 0 spiro atoms. The second kappa shape index (κ2) is 41.4. The Morgan fingerprint density at radius 1 is 0.479 bits per heavy atom. The van der Waals surface area contributed by atoms with Crippen molar-refractivity contribution in [2.24, 2.45) is 35.5 Å². The highest BCUT2D eigenvalue weighted by Crippen LogP contribution is 2.25. The normalized spacial score (nSPS) is 27.2. The minimum Gasteiger partial charge on any atom is -0.396 e. The van der Waals surface area contributed by atoms with E-state index >= 15 is 14.4 Å². The SMILES string of the molecule is CC[C@@H]1NC(=O)[C@H]([C@H](O)[C@H](C)CCCCCO)NC(=O)[C@H](C(C)C)N(C)C(=O)[C@H](CC(C)C)N(C)C(=O)[C@H](CC(C)C)N(C)C(=O)[C@@H](C)NC(=O)[C@H](C)NC(=O)[C@H](CC(C)C)N(C)C(=O)[C@H](C(C)C)NC(=O)[C@H]([C@@H](C)OCCCCN2CCOCC2)N(C)C(=O)[C@@H](C)N(C)C1=O. The minimum absolute atomic E-state index is 0.0241. The van der Waals surface area contributed by atoms with Gasteiger partial charge in [-0.2, -0.15) is 0 Å². The van der Waals surface area contributed by atoms with Gasteiger partial charge < -0.3 is 75.7 Å². The average molecular weight is 1360 g/mol. The number of likely N-dealkylation sites (N-methyl/N-ethyl adjacent to an activating group) is 6. The number of aliphatic hydroxyl groups excluding tert-OH is 2. The zero-order valence-electron chi connectivity index (χ0n) is 62.3. The van der Waals surface area contributed by atoms with Crippen LogP contribution in [0.25, 0.3) is 0 Å². The van der Waals surface area contributed by atoms with E-state index in [-0.39, 0.29) is 56.7 Å². The smallest absolute Gasteiger partial charge is 0.246 e. The molecular formula is C69H126N12O15. The summed E-state index contributed by atoms with van der Waals surface area (Å²) in [5, 5.41) is 35.4. The summed E-state index contributed by atoms with van der Waals surface area (Å²) in [5.41, 5.74) is 0. The van der Waals surface area contributed by atoms with Gasteiger partial charge in [0.1, 0.15) is 66.5 Å². The van der Waals surface area contributed by atoms with E-state index in [1.165, 1.54) is 82.7 Å². The Morgan fingerprint density at radius 2 is 0.969 bits per heavy atom. The van der Waals surface area contributed by atoms with Crippen molar-refractivity contribution < 1.29 is 72.4 Å². The van der Waals surface area contributed by atoms with Crippen molar-refractivity contribution in [2.75, 3.05) is 88.3 Å². The van der Waals surface area contributed by atoms with Gasteiger partial charge in [0.2, 0.25) is 65.0 Å². The number of hydrogen-bond donors (Lipinski definition) is 7. The number of rotatable bonds is 23. The molecule has 0 bridgehead atoms. The van der Waals surface area contributed by atoms with Crippen LogP contribution in [0, 0.1) is 35.5 Å². The molecule has 0 saturated carbocycles. The molecule has 0 radical (unpaired) electrons. The van der Waals surface area contributed by atoms with Crippen LogP contribution >= 0.6 is 0 Å². The summed E-state index contributed by atoms with van der Waals surface area (Å²) >= 11 is 0. The predicted molar refractivity (Wildman–Crippen MR) is 367 cm³/mol. The number of aliphatic hydroxyl groups is 2. The maximum absolute atomic E-state index is 15.1. The lowest BCUT2D eigenvalue weighted by Crippen LogP contribution is -2.64. The van der Waals surface area contributed by atoms with Gasteiger partial charge in [-0.15, -0.1) is 0 Å². The van der Waals surface area contributed by atoms with Crippen molar-refractivity contribution in [3.63, 3.8) is 0 Å². The molecule has 552 valence electrons. The summed E-state index contributed by atoms with van der Waals surface area (Å²) < 4.78 is 11.8. The van der Waals surface area contributed by atoms with Gasteiger partial charge in [0, 0.05) is 68.6 Å². The van der Waals surface area contributed by atoms with E-state index < -0.39 is 161 Å². The Labute approximate surface area is 573 Å². The second-order valence-electron chi connectivity index (χ2n) is 28.9. The van der Waals surface area contributed by atoms with E-state index in [1.54, 1.807) is 48.5 Å². The Bertz CT molecular complexity index is 2530. The summed E-state index contributed by atoms with van der Waals surface area (Å²) in [6.07, 6.45) is 1.25. The summed E-state index contributed by atoms with van der Waals surface area (Å²) in [6.45, 7) is 31.1. The fourth-order valence-electron chi connectivity index (χ4n) is 12.4. The third-order valence-electron chi connectivity index (χ3n) is 18.7. The summed E-state index contributed by atoms with van der Waals surface area (Å²) in [4.78, 5) is 172. The number of carbonyl (C=O) groups is 11. The number of nitrogens with one attached hydrogen (secondary N) is 5. The van der Waals surface area contributed by atoms with Crippen LogP contribution in [0.4, 0.5) is 0 Å². The molecule has 2 aliphatic heterocycles. The molecule has 0 unspecified atom stereocenters. The van der Waals surface area contributed by atoms with Crippen LogP contribution in [0.1, 0.15) is 175 Å². The van der Waals surface area contributed by atoms with E-state index in [0.717, 1.165) is 35.9 Å². The van der Waals surface area contributed by atoms with Gasteiger partial charge in [-0.3, -0.25) is 57.6 Å². The Balaban J connectivity index is 2.98. The maximum atomic E-state index is 15.1. The molecule has 0 aromatic rings. The first-order valence-corrected chi connectivity index (χ1v) is 35.1. The van der Waals surface area contributed by atoms with Gasteiger partial charge >= 0.3 is 0 Å². The number of ether oxygens (including phenoxy) is 2. The average Bonchev–Trinajstić information content (AvgIpc) is 0.881. The molecule has 0 aromatic carbocycles. The standard InChI is InChI=1S/C69H126N12O15/c1-23-50-66(91)75(17)48(15)65(90)80(22)57(49(16)96-34-28-26-30-81-31-35-95-36-32-81)63(88)73-54(43(8)9)69(94)76(18)51(37-40(2)3)60(85)70-46(13)59(84)71-47(14)64(89)77(19)52(38-41(4)5)67(92)78(20)53(39-42(6)7)68(93)79(21)56(44(10)11)62(87)74-55(61(86)72-50)58(83)45(12)29-25-24-27-33-82/h40-58,82-83H,23-39H2,1-22H3,(H,70,85)(H,71,84)(H,72,86)(H,73,88)(H,74,87)/t45-,46+,47-,48-,49-,50+,51+,52+,53+,54+,55+,56+,57+,58-/m1/s1. The number of amides is 11. The van der Waals surface area contributed by atoms with E-state index in [1.807, 2.05) is 41.5 Å². The molecule has 96 heavy (non-hydrogen) atoms. The lowest BCUT2D eigenvalue weighted by molar-refractivity contribution is -0.154. The molecule has 0 aliphatic carbocycles. The van der Waals surface area contributed by atoms with Crippen molar-refractivity contribution >= 4 is 65.0 Å². The largest absolute Gasteiger partial charge is 0.396 e. The molecule has 0 aromatic heterocycles. The molecule has 2 fully saturated rings. The highest BCUT2D eigenvalue weighted by atomic mass is 16.5. The number of hydrogen-bond acceptors (Lipinski definition) is 16. The predicted octanol–water partition coefficient (Wildman–Crippen LogP) is 2.37. The van der Waals surface area contributed by atoms with E-state index in [2.05, 4.69) is 31.5 Å². The summed E-state index contributed by atoms with van der Waals surface area (Å²) in [7, 11) is 8.49. The highest BCUT2D eigenvalue weighted by molar-refractivity contribution is 6.00. The first-order valence-electron chi connectivity index (χ1n) is 35.1. The van der Waals surface area contributed by atoms with Gasteiger partial charge in [0.15, 0.2) is 0 Å². The third-order valence-corrected chi connectivity index (χ3v) is 18.7. The zero-order valence-corrected chi connectivity index (χ0v) is 62.3. The first kappa shape index (κ1) is 86.1. The van der Waals surface area contributed by atoms with Gasteiger partial charge in [0.25, 0.3) is 0 Å². The van der Waals surface area contributed by atoms with Crippen LogP contribution < -0.4 is 26.6 Å². The molecule has 27 nitrogen and oxygen atoms in total. The fraction of sp³-hybridized carbons (Fsp3) is 0.841. The van der Waals surface area contributed by atoms with Crippen molar-refractivity contribution in [1.82, 2.24) is 60.9 Å². The van der Waals surface area contributed by atoms with Crippen molar-refractivity contribution in [1.29, 1.82) is 0 Å². The van der Waals surface area contributed by atoms with Gasteiger partial charge in [-0.25, -0.2) is 0 Å². The van der Waals surface area contributed by atoms with E-state index in [4.69, 9.17) is 9.47 Å². The highest BCUT2D eigenvalue weighted by Gasteiger charge is 2.45. The van der Waals surface area contributed by atoms with Crippen LogP contribution in [0.3, 0.4) is 0 Å². The number of unbranched alkanes of at least 4 members (excludes halogenated alkanes) is 3. The van der Waals surface area contributed by atoms with Crippen LogP contribution in [-0.4, -0.2) is 277 Å². The van der Waals surface area contributed by atoms with Crippen LogP contribution in [0.2, 0.25) is 0 Å². The molecule has 14 atom stereocenters. The molecule has 7 N–H and O–H groups in total. The van der Waals surface area contributed by atoms with E-state index in [0.29, 0.717) is 45.3 Å². The van der Waals surface area contributed by atoms with Crippen molar-refractivity contribution in [2.45, 2.75) is 254 Å². The molecular weight excluding hydrogens is 1240 g/mol. The number of nitrogens with zero attached hydrogens (tertiary/aromatic N) is 7. The maximum Gasteiger partial charge on any atom is 0.246 e. The Morgan fingerprint density at radius 3 is 1.49 bits per heavy atom. The Hall–Kier alpha value is -6.03. The fourth-order valence-corrected chi connectivity index (χ4v) is 12.4. The Kier molecular flexibility index (Phi) is 37.1. The summed E-state index contributed by atoms with van der Waals surface area (Å²) in [6, 6.07) is -14.3. The molecule has 2 rings (SSSR count). The monoisotopic (exact) mass is 1360 g/mol. The quantitative estimate of drug-likeness (QED) is 0.0722. The van der Waals surface area contributed by atoms with Gasteiger partial charge in [-0.05, 0) is 121 Å². The third kappa shape index (κ3) is 25.4.